The molecule has 0 aromatic heterocycles. The summed E-state index contributed by atoms with van der Waals surface area (Å²) in [4.78, 5) is 27.2. The maximum atomic E-state index is 13.3. The predicted octanol–water partition coefficient (Wildman–Crippen LogP) is 5.07. The van der Waals surface area contributed by atoms with E-state index in [-0.39, 0.29) is 10.7 Å². The predicted molar refractivity (Wildman–Crippen MR) is 136 cm³/mol. The minimum absolute atomic E-state index is 0.00585. The van der Waals surface area contributed by atoms with Crippen molar-refractivity contribution in [2.24, 2.45) is 0 Å². The molecule has 1 aliphatic rings. The van der Waals surface area contributed by atoms with Gasteiger partial charge in [0.15, 0.2) is 16.6 Å². The van der Waals surface area contributed by atoms with Crippen LogP contribution in [0.2, 0.25) is 5.02 Å². The zero-order chi connectivity index (χ0) is 24.2. The Hall–Kier alpha value is -3.68. The first-order valence-electron chi connectivity index (χ1n) is 10.4. The summed E-state index contributed by atoms with van der Waals surface area (Å²) >= 11 is 11.5. The van der Waals surface area contributed by atoms with Gasteiger partial charge in [-0.3, -0.25) is 19.8 Å². The fraction of sp³-hybridized carbons (Fsp3) is 0.115. The number of thiocarbonyl (C=S) groups is 1. The van der Waals surface area contributed by atoms with Gasteiger partial charge in [-0.15, -0.1) is 0 Å². The number of hydrogen-bond acceptors (Lipinski definition) is 5. The third-order valence-corrected chi connectivity index (χ3v) is 5.94. The van der Waals surface area contributed by atoms with Crippen molar-refractivity contribution in [1.82, 2.24) is 5.32 Å². The molecule has 1 aliphatic heterocycles. The molecule has 0 unspecified atom stereocenters. The maximum Gasteiger partial charge on any atom is 0.270 e. The number of nitrogens with zero attached hydrogens (tertiary/aromatic N) is 1. The summed E-state index contributed by atoms with van der Waals surface area (Å²) in [5.74, 6) is -0.0973. The van der Waals surface area contributed by atoms with Crippen LogP contribution in [0.3, 0.4) is 0 Å². The highest BCUT2D eigenvalue weighted by atomic mass is 35.5. The number of carbonyl (C=O) groups is 2. The van der Waals surface area contributed by atoms with Crippen LogP contribution in [0.25, 0.3) is 6.08 Å². The summed E-state index contributed by atoms with van der Waals surface area (Å²) in [6.45, 7) is 2.20. The average molecular weight is 493 g/mol. The van der Waals surface area contributed by atoms with Crippen molar-refractivity contribution in [3.8, 4) is 11.5 Å². The lowest BCUT2D eigenvalue weighted by Gasteiger charge is -2.29. The van der Waals surface area contributed by atoms with Crippen LogP contribution in [-0.4, -0.2) is 24.0 Å². The first-order chi connectivity index (χ1) is 16.4. The van der Waals surface area contributed by atoms with Gasteiger partial charge in [-0.2, -0.15) is 0 Å². The van der Waals surface area contributed by atoms with Crippen molar-refractivity contribution in [3.63, 3.8) is 0 Å². The Bertz CT molecular complexity index is 1310. The SMILES string of the molecule is COc1ccc(/C=C2\C(=O)NC(=S)N(c3ccc(C)c(Cl)c3)C2=O)cc1OCc1ccccc1. The van der Waals surface area contributed by atoms with Gasteiger partial charge in [-0.05, 0) is 66.2 Å². The van der Waals surface area contributed by atoms with E-state index in [1.807, 2.05) is 37.3 Å². The molecule has 4 rings (SSSR count). The lowest BCUT2D eigenvalue weighted by Crippen LogP contribution is -2.54. The molecule has 1 fully saturated rings. The van der Waals surface area contributed by atoms with E-state index in [1.165, 1.54) is 11.0 Å². The Kier molecular flexibility index (Phi) is 6.95. The van der Waals surface area contributed by atoms with Crippen molar-refractivity contribution >= 4 is 52.5 Å². The van der Waals surface area contributed by atoms with Crippen molar-refractivity contribution in [2.45, 2.75) is 13.5 Å². The molecule has 0 atom stereocenters. The third-order valence-electron chi connectivity index (χ3n) is 5.25. The average Bonchev–Trinajstić information content (AvgIpc) is 2.83. The molecule has 8 heteroatoms. The second-order valence-electron chi connectivity index (χ2n) is 7.58. The number of halogens is 1. The minimum atomic E-state index is -0.577. The molecule has 3 aromatic carbocycles. The monoisotopic (exact) mass is 492 g/mol. The van der Waals surface area contributed by atoms with Gasteiger partial charge in [0.05, 0.1) is 12.8 Å². The standard InChI is InChI=1S/C26H21ClN2O4S/c1-16-8-10-19(14-21(16)27)29-25(31)20(24(30)28-26(29)34)12-18-9-11-22(32-2)23(13-18)33-15-17-6-4-3-5-7-17/h3-14H,15H2,1-2H3,(H,28,30,34)/b20-12+. The number of aryl methyl sites for hydroxylation is 1. The minimum Gasteiger partial charge on any atom is -0.493 e. The highest BCUT2D eigenvalue weighted by Crippen LogP contribution is 2.31. The van der Waals surface area contributed by atoms with Crippen molar-refractivity contribution in [2.75, 3.05) is 12.0 Å². The van der Waals surface area contributed by atoms with Gasteiger partial charge < -0.3 is 9.47 Å². The van der Waals surface area contributed by atoms with Crippen LogP contribution < -0.4 is 19.7 Å². The van der Waals surface area contributed by atoms with Crippen molar-refractivity contribution in [3.05, 3.63) is 94.0 Å². The topological polar surface area (TPSA) is 67.9 Å². The van der Waals surface area contributed by atoms with Crippen LogP contribution in [0.15, 0.2) is 72.3 Å². The molecule has 1 N–H and O–H groups in total. The van der Waals surface area contributed by atoms with Crippen molar-refractivity contribution < 1.29 is 19.1 Å². The molecule has 2 amide bonds. The number of nitrogens with one attached hydrogen (secondary N) is 1. The Labute approximate surface area is 207 Å². The molecule has 1 saturated heterocycles. The molecular weight excluding hydrogens is 472 g/mol. The number of amides is 2. The van der Waals surface area contributed by atoms with Crippen LogP contribution in [0, 0.1) is 6.92 Å². The largest absolute Gasteiger partial charge is 0.493 e. The Morgan fingerprint density at radius 3 is 2.50 bits per heavy atom. The van der Waals surface area contributed by atoms with Gasteiger partial charge in [-0.25, -0.2) is 0 Å². The molecule has 0 saturated carbocycles. The molecule has 3 aromatic rings. The molecule has 34 heavy (non-hydrogen) atoms. The second kappa shape index (κ2) is 10.1. The van der Waals surface area contributed by atoms with Gasteiger partial charge >= 0.3 is 0 Å². The number of ether oxygens (including phenoxy) is 2. The maximum absolute atomic E-state index is 13.3. The fourth-order valence-electron chi connectivity index (χ4n) is 3.41. The second-order valence-corrected chi connectivity index (χ2v) is 8.37. The fourth-order valence-corrected chi connectivity index (χ4v) is 3.87. The number of hydrogen-bond donors (Lipinski definition) is 1. The van der Waals surface area contributed by atoms with Gasteiger partial charge in [-0.1, -0.05) is 54.1 Å². The number of rotatable bonds is 6. The van der Waals surface area contributed by atoms with E-state index in [4.69, 9.17) is 33.3 Å². The van der Waals surface area contributed by atoms with E-state index in [9.17, 15) is 9.59 Å². The van der Waals surface area contributed by atoms with E-state index in [1.54, 1.807) is 43.5 Å². The van der Waals surface area contributed by atoms with E-state index in [0.717, 1.165) is 11.1 Å². The molecule has 0 spiro atoms. The van der Waals surface area contributed by atoms with E-state index in [0.29, 0.717) is 34.4 Å². The lowest BCUT2D eigenvalue weighted by molar-refractivity contribution is -0.122. The van der Waals surface area contributed by atoms with Gasteiger partial charge in [0.25, 0.3) is 11.8 Å². The molecule has 1 heterocycles. The van der Waals surface area contributed by atoms with Crippen LogP contribution in [0.1, 0.15) is 16.7 Å². The molecule has 6 nitrogen and oxygen atoms in total. The quantitative estimate of drug-likeness (QED) is 0.296. The van der Waals surface area contributed by atoms with E-state index in [2.05, 4.69) is 5.32 Å². The zero-order valence-corrected chi connectivity index (χ0v) is 20.1. The van der Waals surface area contributed by atoms with Crippen molar-refractivity contribution in [1.29, 1.82) is 0 Å². The van der Waals surface area contributed by atoms with E-state index < -0.39 is 11.8 Å². The first kappa shape index (κ1) is 23.5. The third kappa shape index (κ3) is 4.95. The lowest BCUT2D eigenvalue weighted by atomic mass is 10.1. The first-order valence-corrected chi connectivity index (χ1v) is 11.2. The summed E-state index contributed by atoms with van der Waals surface area (Å²) in [6, 6.07) is 20.0. The van der Waals surface area contributed by atoms with E-state index >= 15 is 0 Å². The summed E-state index contributed by atoms with van der Waals surface area (Å²) in [7, 11) is 1.55. The van der Waals surface area contributed by atoms with Gasteiger partial charge in [0, 0.05) is 5.02 Å². The summed E-state index contributed by atoms with van der Waals surface area (Å²) in [5, 5.41) is 3.06. The van der Waals surface area contributed by atoms with Crippen LogP contribution in [0.4, 0.5) is 5.69 Å². The Balaban J connectivity index is 1.65. The van der Waals surface area contributed by atoms with Crippen LogP contribution in [-0.2, 0) is 16.2 Å². The molecule has 0 aliphatic carbocycles. The Morgan fingerprint density at radius 1 is 1.03 bits per heavy atom. The number of carbonyl (C=O) groups excluding carboxylic acids is 2. The summed E-state index contributed by atoms with van der Waals surface area (Å²) in [6.07, 6.45) is 1.50. The Morgan fingerprint density at radius 2 is 1.79 bits per heavy atom. The highest BCUT2D eigenvalue weighted by Gasteiger charge is 2.34. The number of benzene rings is 3. The summed E-state index contributed by atoms with van der Waals surface area (Å²) < 4.78 is 11.3. The smallest absolute Gasteiger partial charge is 0.270 e. The van der Waals surface area contributed by atoms with Gasteiger partial charge in [0.2, 0.25) is 0 Å². The molecular formula is C26H21ClN2O4S. The van der Waals surface area contributed by atoms with Gasteiger partial charge in [0.1, 0.15) is 12.2 Å². The molecule has 172 valence electrons. The highest BCUT2D eigenvalue weighted by molar-refractivity contribution is 7.80. The zero-order valence-electron chi connectivity index (χ0n) is 18.5. The van der Waals surface area contributed by atoms with Crippen LogP contribution >= 0.6 is 23.8 Å². The normalized spacial score (nSPS) is 14.9. The molecule has 0 bridgehead atoms. The number of methoxy groups -OCH3 is 1. The molecule has 0 radical (unpaired) electrons. The summed E-state index contributed by atoms with van der Waals surface area (Å²) in [5.41, 5.74) is 2.86. The number of anilines is 1. The van der Waals surface area contributed by atoms with Crippen LogP contribution in [0.5, 0.6) is 11.5 Å².